The highest BCUT2D eigenvalue weighted by Gasteiger charge is 2.82. The van der Waals surface area contributed by atoms with Crippen LogP contribution in [0.2, 0.25) is 0 Å². The van der Waals surface area contributed by atoms with Crippen LogP contribution in [0.25, 0.3) is 0 Å². The first-order chi connectivity index (χ1) is 12.9. The predicted octanol–water partition coefficient (Wildman–Crippen LogP) is 1.75. The van der Waals surface area contributed by atoms with Gasteiger partial charge in [0.15, 0.2) is 0 Å². The van der Waals surface area contributed by atoms with Crippen LogP contribution < -0.4 is 0 Å². The van der Waals surface area contributed by atoms with E-state index >= 15 is 0 Å². The second kappa shape index (κ2) is 4.75. The summed E-state index contributed by atoms with van der Waals surface area (Å²) in [6.45, 7) is 2.17. The summed E-state index contributed by atoms with van der Waals surface area (Å²) in [6, 6.07) is 1.78. The molecular formula is C20H22O7. The third-order valence-electron chi connectivity index (χ3n) is 8.23. The van der Waals surface area contributed by atoms with E-state index in [1.165, 1.54) is 0 Å². The van der Waals surface area contributed by atoms with Gasteiger partial charge in [-0.3, -0.25) is 9.59 Å². The molecular weight excluding hydrogens is 352 g/mol. The highest BCUT2D eigenvalue weighted by molar-refractivity contribution is 5.79. The van der Waals surface area contributed by atoms with Crippen molar-refractivity contribution in [3.63, 3.8) is 0 Å². The molecule has 2 saturated carbocycles. The lowest BCUT2D eigenvalue weighted by Crippen LogP contribution is -2.73. The van der Waals surface area contributed by atoms with Crippen molar-refractivity contribution >= 4 is 11.9 Å². The fourth-order valence-electron chi connectivity index (χ4n) is 6.82. The number of rotatable bonds is 1. The number of fused-ring (bicyclic) bond motifs is 4. The van der Waals surface area contributed by atoms with Crippen molar-refractivity contribution in [1.82, 2.24) is 0 Å². The van der Waals surface area contributed by atoms with Gasteiger partial charge < -0.3 is 23.7 Å². The van der Waals surface area contributed by atoms with E-state index in [2.05, 4.69) is 0 Å². The molecule has 4 heterocycles. The molecule has 1 aromatic rings. The zero-order valence-corrected chi connectivity index (χ0v) is 15.1. The van der Waals surface area contributed by atoms with Crippen LogP contribution in [0.3, 0.4) is 0 Å². The summed E-state index contributed by atoms with van der Waals surface area (Å²) in [5.74, 6) is -1.32. The molecule has 1 spiro atoms. The van der Waals surface area contributed by atoms with E-state index in [0.717, 1.165) is 5.56 Å². The zero-order valence-electron chi connectivity index (χ0n) is 15.1. The van der Waals surface area contributed by atoms with Crippen LogP contribution in [0, 0.1) is 22.7 Å². The van der Waals surface area contributed by atoms with Crippen LogP contribution in [0.4, 0.5) is 0 Å². The molecule has 0 amide bonds. The van der Waals surface area contributed by atoms with Gasteiger partial charge in [0.05, 0.1) is 30.5 Å². The SMILES string of the molecule is CC12CC(c3ccoc3)OC(=O)C1CCC13COC(=O)C1CC1OC1C23O. The summed E-state index contributed by atoms with van der Waals surface area (Å²) >= 11 is 0. The molecule has 0 bridgehead atoms. The van der Waals surface area contributed by atoms with Gasteiger partial charge >= 0.3 is 11.9 Å². The Morgan fingerprint density at radius 1 is 1.22 bits per heavy atom. The van der Waals surface area contributed by atoms with Gasteiger partial charge in [0.1, 0.15) is 24.4 Å². The Bertz CT molecular complexity index is 833. The van der Waals surface area contributed by atoms with Gasteiger partial charge in [-0.25, -0.2) is 0 Å². The van der Waals surface area contributed by atoms with Crippen molar-refractivity contribution in [2.24, 2.45) is 22.7 Å². The van der Waals surface area contributed by atoms with Crippen LogP contribution in [0.1, 0.15) is 44.3 Å². The Morgan fingerprint density at radius 2 is 2.07 bits per heavy atom. The van der Waals surface area contributed by atoms with E-state index in [0.29, 0.717) is 25.7 Å². The third kappa shape index (κ3) is 1.67. The molecule has 1 N–H and O–H groups in total. The molecule has 3 aliphatic heterocycles. The van der Waals surface area contributed by atoms with E-state index in [1.807, 2.05) is 6.92 Å². The number of furan rings is 1. The lowest BCUT2D eigenvalue weighted by Gasteiger charge is -2.63. The number of hydrogen-bond acceptors (Lipinski definition) is 7. The van der Waals surface area contributed by atoms with Crippen LogP contribution in [-0.2, 0) is 23.8 Å². The van der Waals surface area contributed by atoms with Gasteiger partial charge in [-0.05, 0) is 31.7 Å². The quantitative estimate of drug-likeness (QED) is 0.590. The predicted molar refractivity (Wildman–Crippen MR) is 88.1 cm³/mol. The third-order valence-corrected chi connectivity index (χ3v) is 8.23. The van der Waals surface area contributed by atoms with Crippen LogP contribution in [0.15, 0.2) is 23.0 Å². The number of aliphatic hydroxyl groups is 1. The molecule has 144 valence electrons. The Morgan fingerprint density at radius 3 is 2.85 bits per heavy atom. The maximum absolute atomic E-state index is 12.9. The molecule has 0 aromatic carbocycles. The molecule has 8 unspecified atom stereocenters. The van der Waals surface area contributed by atoms with Crippen molar-refractivity contribution in [2.75, 3.05) is 6.61 Å². The topological polar surface area (TPSA) is 98.5 Å². The van der Waals surface area contributed by atoms with E-state index in [9.17, 15) is 14.7 Å². The largest absolute Gasteiger partial charge is 0.472 e. The van der Waals surface area contributed by atoms with Crippen molar-refractivity contribution in [2.45, 2.75) is 56.5 Å². The van der Waals surface area contributed by atoms with Gasteiger partial charge in [-0.15, -0.1) is 0 Å². The second-order valence-corrected chi connectivity index (χ2v) is 9.11. The Hall–Kier alpha value is -1.86. The molecule has 7 heteroatoms. The Labute approximate surface area is 155 Å². The lowest BCUT2D eigenvalue weighted by atomic mass is 9.41. The molecule has 5 fully saturated rings. The number of hydrogen-bond donors (Lipinski definition) is 1. The highest BCUT2D eigenvalue weighted by atomic mass is 16.6. The summed E-state index contributed by atoms with van der Waals surface area (Å²) in [4.78, 5) is 25.4. The van der Waals surface area contributed by atoms with Crippen molar-refractivity contribution in [1.29, 1.82) is 0 Å². The van der Waals surface area contributed by atoms with Gasteiger partial charge in [0, 0.05) is 16.4 Å². The second-order valence-electron chi connectivity index (χ2n) is 9.11. The minimum atomic E-state index is -1.30. The number of carbonyl (C=O) groups is 2. The van der Waals surface area contributed by atoms with E-state index in [-0.39, 0.29) is 36.7 Å². The Balaban J connectivity index is 1.50. The number of ether oxygens (including phenoxy) is 3. The van der Waals surface area contributed by atoms with E-state index in [4.69, 9.17) is 18.6 Å². The van der Waals surface area contributed by atoms with Crippen molar-refractivity contribution < 1.29 is 33.3 Å². The van der Waals surface area contributed by atoms with Gasteiger partial charge in [-0.1, -0.05) is 6.92 Å². The summed E-state index contributed by atoms with van der Waals surface area (Å²) in [6.07, 6.45) is 4.37. The molecule has 7 nitrogen and oxygen atoms in total. The van der Waals surface area contributed by atoms with Gasteiger partial charge in [-0.2, -0.15) is 0 Å². The summed E-state index contributed by atoms with van der Waals surface area (Å²) < 4.78 is 22.2. The average molecular weight is 374 g/mol. The van der Waals surface area contributed by atoms with Crippen molar-refractivity contribution in [3.05, 3.63) is 24.2 Å². The first kappa shape index (κ1) is 16.1. The minimum absolute atomic E-state index is 0.139. The molecule has 6 rings (SSSR count). The zero-order chi connectivity index (χ0) is 18.6. The van der Waals surface area contributed by atoms with Gasteiger partial charge in [0.25, 0.3) is 0 Å². The monoisotopic (exact) mass is 374 g/mol. The first-order valence-corrected chi connectivity index (χ1v) is 9.68. The van der Waals surface area contributed by atoms with Crippen molar-refractivity contribution in [3.8, 4) is 0 Å². The molecule has 2 aliphatic carbocycles. The first-order valence-electron chi connectivity index (χ1n) is 9.68. The highest BCUT2D eigenvalue weighted by Crippen LogP contribution is 2.72. The number of epoxide rings is 1. The number of esters is 2. The maximum atomic E-state index is 12.9. The smallest absolute Gasteiger partial charge is 0.310 e. The fraction of sp³-hybridized carbons (Fsp3) is 0.700. The standard InChI is InChI=1S/C20H22O7/c1-18-7-14(10-3-5-24-8-10)27-17(22)11(18)2-4-19-9-25-16(21)12(19)6-13-15(26-13)20(18,19)23/h3,5,8,11-15,23H,2,4,6-7,9H2,1H3. The lowest BCUT2D eigenvalue weighted by molar-refractivity contribution is -0.269. The normalized spacial score (nSPS) is 52.7. The van der Waals surface area contributed by atoms with E-state index in [1.54, 1.807) is 18.6 Å². The molecule has 5 aliphatic rings. The number of carbonyl (C=O) groups excluding carboxylic acids is 2. The molecule has 1 aromatic heterocycles. The summed E-state index contributed by atoms with van der Waals surface area (Å²) in [5, 5.41) is 12.3. The summed E-state index contributed by atoms with van der Waals surface area (Å²) in [7, 11) is 0. The Kier molecular flexibility index (Phi) is 2.84. The van der Waals surface area contributed by atoms with Crippen LogP contribution in [-0.4, -0.2) is 41.5 Å². The minimum Gasteiger partial charge on any atom is -0.472 e. The molecule has 8 atom stereocenters. The maximum Gasteiger partial charge on any atom is 0.310 e. The average Bonchev–Trinajstić information content (AvgIpc) is 3.07. The van der Waals surface area contributed by atoms with Gasteiger partial charge in [0.2, 0.25) is 0 Å². The molecule has 27 heavy (non-hydrogen) atoms. The van der Waals surface area contributed by atoms with Crippen LogP contribution >= 0.6 is 0 Å². The van der Waals surface area contributed by atoms with E-state index < -0.39 is 28.5 Å². The molecule has 0 radical (unpaired) electrons. The fourth-order valence-corrected chi connectivity index (χ4v) is 6.82. The van der Waals surface area contributed by atoms with Crippen LogP contribution in [0.5, 0.6) is 0 Å². The molecule has 3 saturated heterocycles. The summed E-state index contributed by atoms with van der Waals surface area (Å²) in [5.41, 5.74) is -1.98. The number of cyclic esters (lactones) is 2.